The Morgan fingerprint density at radius 2 is 1.83 bits per heavy atom. The van der Waals surface area contributed by atoms with Crippen LogP contribution in [0.3, 0.4) is 0 Å². The Labute approximate surface area is 139 Å². The topological polar surface area (TPSA) is 121 Å². The zero-order valence-corrected chi connectivity index (χ0v) is 14.4. The van der Waals surface area contributed by atoms with E-state index in [4.69, 9.17) is 5.11 Å². The fourth-order valence-electron chi connectivity index (χ4n) is 2.47. The summed E-state index contributed by atoms with van der Waals surface area (Å²) >= 11 is 0. The van der Waals surface area contributed by atoms with Gasteiger partial charge in [-0.05, 0) is 31.0 Å². The molecule has 0 amide bonds. The molecule has 0 saturated carbocycles. The monoisotopic (exact) mass is 380 g/mol. The molecule has 134 valence electrons. The Morgan fingerprint density at radius 1 is 1.25 bits per heavy atom. The van der Waals surface area contributed by atoms with Gasteiger partial charge in [-0.1, -0.05) is 0 Å². The molecule has 24 heavy (non-hydrogen) atoms. The lowest BCUT2D eigenvalue weighted by Gasteiger charge is -2.29. The third-order valence-corrected chi connectivity index (χ3v) is 6.19. The van der Waals surface area contributed by atoms with E-state index in [1.165, 1.54) is 0 Å². The van der Waals surface area contributed by atoms with Gasteiger partial charge in [-0.2, -0.15) is 4.31 Å². The average molecular weight is 380 g/mol. The van der Waals surface area contributed by atoms with Gasteiger partial charge in [0.2, 0.25) is 20.0 Å². The number of aliphatic carboxylic acids is 1. The summed E-state index contributed by atoms with van der Waals surface area (Å²) in [5.41, 5.74) is -0.0847. The van der Waals surface area contributed by atoms with Gasteiger partial charge in [0, 0.05) is 13.1 Å². The molecule has 1 aliphatic rings. The van der Waals surface area contributed by atoms with Crippen molar-refractivity contribution in [3.8, 4) is 0 Å². The number of carboxylic acids is 1. The van der Waals surface area contributed by atoms with Crippen LogP contribution in [0.2, 0.25) is 0 Å². The highest BCUT2D eigenvalue weighted by Gasteiger charge is 2.33. The lowest BCUT2D eigenvalue weighted by molar-refractivity contribution is -0.142. The number of nitrogens with zero attached hydrogens (tertiary/aromatic N) is 1. The molecule has 2 rings (SSSR count). The zero-order valence-electron chi connectivity index (χ0n) is 12.8. The molecule has 1 saturated heterocycles. The second-order valence-corrected chi connectivity index (χ2v) is 9.19. The van der Waals surface area contributed by atoms with E-state index in [9.17, 15) is 26.0 Å². The van der Waals surface area contributed by atoms with Crippen molar-refractivity contribution in [3.63, 3.8) is 0 Å². The van der Waals surface area contributed by atoms with E-state index in [1.807, 2.05) is 0 Å². The number of rotatable bonds is 5. The maximum atomic E-state index is 14.1. The molecule has 1 fully saturated rings. The molecule has 8 nitrogen and oxygen atoms in total. The molecular weight excluding hydrogens is 363 g/mol. The molecule has 11 heteroatoms. The van der Waals surface area contributed by atoms with Crippen LogP contribution >= 0.6 is 0 Å². The summed E-state index contributed by atoms with van der Waals surface area (Å²) in [5.74, 6) is -2.67. The van der Waals surface area contributed by atoms with E-state index >= 15 is 0 Å². The van der Waals surface area contributed by atoms with E-state index in [2.05, 4.69) is 4.72 Å². The number of piperidine rings is 1. The highest BCUT2D eigenvalue weighted by atomic mass is 32.2. The minimum atomic E-state index is -4.11. The number of carboxylic acid groups (broad SMARTS) is 1. The number of anilines is 1. The molecule has 0 spiro atoms. The molecule has 0 aliphatic carbocycles. The van der Waals surface area contributed by atoms with Crippen LogP contribution in [-0.2, 0) is 24.8 Å². The highest BCUT2D eigenvalue weighted by molar-refractivity contribution is 7.92. The van der Waals surface area contributed by atoms with Gasteiger partial charge in [0.1, 0.15) is 10.7 Å². The number of benzene rings is 1. The summed E-state index contributed by atoms with van der Waals surface area (Å²) in [6.45, 7) is -0.0236. The van der Waals surface area contributed by atoms with E-state index in [0.717, 1.165) is 28.8 Å². The first-order valence-corrected chi connectivity index (χ1v) is 10.3. The summed E-state index contributed by atoms with van der Waals surface area (Å²) in [4.78, 5) is 10.3. The number of hydrogen-bond acceptors (Lipinski definition) is 5. The summed E-state index contributed by atoms with van der Waals surface area (Å²) in [5, 5.41) is 8.93. The number of nitrogens with one attached hydrogen (secondary N) is 1. The number of halogens is 1. The number of hydrogen-bond donors (Lipinski definition) is 2. The average Bonchev–Trinajstić information content (AvgIpc) is 2.45. The second kappa shape index (κ2) is 6.65. The molecule has 0 aromatic heterocycles. The quantitative estimate of drug-likeness (QED) is 0.775. The standard InChI is InChI=1S/C13H17FN2O6S2/c1-23(19,20)15-10-2-3-12(11(14)8-10)24(21,22)16-6-4-9(5-7-16)13(17)18/h2-3,8-9,15H,4-7H2,1H3,(H,17,18). The Balaban J connectivity index is 2.22. The first-order chi connectivity index (χ1) is 11.0. The number of carbonyl (C=O) groups is 1. The molecule has 0 radical (unpaired) electrons. The Bertz CT molecular complexity index is 845. The minimum absolute atomic E-state index is 0.0118. The fraction of sp³-hybridized carbons (Fsp3) is 0.462. The van der Waals surface area contributed by atoms with Gasteiger partial charge in [-0.25, -0.2) is 21.2 Å². The first-order valence-electron chi connectivity index (χ1n) is 7.01. The van der Waals surface area contributed by atoms with Crippen LogP contribution in [0.25, 0.3) is 0 Å². The molecule has 0 atom stereocenters. The highest BCUT2D eigenvalue weighted by Crippen LogP contribution is 2.27. The zero-order chi connectivity index (χ0) is 18.1. The molecule has 0 bridgehead atoms. The van der Waals surface area contributed by atoms with Gasteiger partial charge < -0.3 is 5.11 Å². The fourth-order valence-corrected chi connectivity index (χ4v) is 4.54. The van der Waals surface area contributed by atoms with Gasteiger partial charge in [0.15, 0.2) is 0 Å². The maximum Gasteiger partial charge on any atom is 0.306 e. The third-order valence-electron chi connectivity index (χ3n) is 3.66. The molecule has 1 aromatic rings. The molecule has 0 unspecified atom stereocenters. The molecule has 2 N–H and O–H groups in total. The van der Waals surface area contributed by atoms with E-state index < -0.39 is 42.6 Å². The third kappa shape index (κ3) is 4.22. The van der Waals surface area contributed by atoms with Crippen LogP contribution in [0.5, 0.6) is 0 Å². The smallest absolute Gasteiger partial charge is 0.306 e. The van der Waals surface area contributed by atoms with Crippen molar-refractivity contribution in [1.82, 2.24) is 4.31 Å². The first kappa shape index (κ1) is 18.6. The predicted molar refractivity (Wildman–Crippen MR) is 84.0 cm³/mol. The van der Waals surface area contributed by atoms with Gasteiger partial charge >= 0.3 is 5.97 Å². The van der Waals surface area contributed by atoms with Crippen LogP contribution in [0, 0.1) is 11.7 Å². The van der Waals surface area contributed by atoms with E-state index in [-0.39, 0.29) is 31.6 Å². The Morgan fingerprint density at radius 3 is 2.29 bits per heavy atom. The van der Waals surface area contributed by atoms with Gasteiger partial charge in [-0.3, -0.25) is 9.52 Å². The van der Waals surface area contributed by atoms with Crippen LogP contribution in [0.4, 0.5) is 10.1 Å². The molecule has 1 heterocycles. The summed E-state index contributed by atoms with van der Waals surface area (Å²) in [6, 6.07) is 2.93. The normalized spacial score (nSPS) is 17.6. The van der Waals surface area contributed by atoms with E-state index in [1.54, 1.807) is 0 Å². The minimum Gasteiger partial charge on any atom is -0.481 e. The molecule has 1 aliphatic heterocycles. The van der Waals surface area contributed by atoms with Crippen LogP contribution in [0.1, 0.15) is 12.8 Å². The SMILES string of the molecule is CS(=O)(=O)Nc1ccc(S(=O)(=O)N2CCC(C(=O)O)CC2)c(F)c1. The Hall–Kier alpha value is -1.72. The van der Waals surface area contributed by atoms with Crippen molar-refractivity contribution in [1.29, 1.82) is 0 Å². The summed E-state index contributed by atoms with van der Waals surface area (Å²) in [7, 11) is -7.72. The number of sulfonamides is 2. The van der Waals surface area contributed by atoms with Gasteiger partial charge in [-0.15, -0.1) is 0 Å². The van der Waals surface area contributed by atoms with Gasteiger partial charge in [0.05, 0.1) is 17.9 Å². The lowest BCUT2D eigenvalue weighted by atomic mass is 9.99. The van der Waals surface area contributed by atoms with E-state index in [0.29, 0.717) is 0 Å². The van der Waals surface area contributed by atoms with Crippen LogP contribution in [0.15, 0.2) is 23.1 Å². The van der Waals surface area contributed by atoms with Crippen molar-refractivity contribution in [3.05, 3.63) is 24.0 Å². The molecular formula is C13H17FN2O6S2. The van der Waals surface area contributed by atoms with Crippen molar-refractivity contribution >= 4 is 31.7 Å². The van der Waals surface area contributed by atoms with Crippen LogP contribution < -0.4 is 4.72 Å². The summed E-state index contributed by atoms with van der Waals surface area (Å²) in [6.07, 6.45) is 1.20. The lowest BCUT2D eigenvalue weighted by Crippen LogP contribution is -2.40. The Kier molecular flexibility index (Phi) is 5.16. The van der Waals surface area contributed by atoms with Crippen LogP contribution in [-0.4, -0.2) is 51.6 Å². The van der Waals surface area contributed by atoms with Crippen molar-refractivity contribution < 1.29 is 31.1 Å². The second-order valence-electron chi connectivity index (χ2n) is 5.54. The summed E-state index contributed by atoms with van der Waals surface area (Å²) < 4.78 is 64.4. The largest absolute Gasteiger partial charge is 0.481 e. The predicted octanol–water partition coefficient (Wildman–Crippen LogP) is 0.682. The molecule has 1 aromatic carbocycles. The van der Waals surface area contributed by atoms with Crippen molar-refractivity contribution in [2.75, 3.05) is 24.1 Å². The maximum absolute atomic E-state index is 14.1. The van der Waals surface area contributed by atoms with Gasteiger partial charge in [0.25, 0.3) is 0 Å². The van der Waals surface area contributed by atoms with Crippen molar-refractivity contribution in [2.45, 2.75) is 17.7 Å². The van der Waals surface area contributed by atoms with Crippen molar-refractivity contribution in [2.24, 2.45) is 5.92 Å².